The van der Waals surface area contributed by atoms with Crippen molar-refractivity contribution < 1.29 is 9.53 Å². The maximum absolute atomic E-state index is 12.1. The highest BCUT2D eigenvalue weighted by molar-refractivity contribution is 5.78. The molecule has 4 nitrogen and oxygen atoms in total. The summed E-state index contributed by atoms with van der Waals surface area (Å²) in [6, 6.07) is 7.94. The lowest BCUT2D eigenvalue weighted by Crippen LogP contribution is -2.38. The summed E-state index contributed by atoms with van der Waals surface area (Å²) >= 11 is 0. The largest absolute Gasteiger partial charge is 0.497 e. The lowest BCUT2D eigenvalue weighted by atomic mass is 9.74. The van der Waals surface area contributed by atoms with Crippen molar-refractivity contribution in [1.82, 2.24) is 4.90 Å². The van der Waals surface area contributed by atoms with Crippen LogP contribution in [0, 0.1) is 0 Å². The van der Waals surface area contributed by atoms with Crippen LogP contribution in [0.25, 0.3) is 0 Å². The minimum Gasteiger partial charge on any atom is -0.497 e. The van der Waals surface area contributed by atoms with Crippen LogP contribution in [0.5, 0.6) is 5.75 Å². The number of hydrogen-bond donors (Lipinski definition) is 1. The van der Waals surface area contributed by atoms with Crippen molar-refractivity contribution in [2.75, 3.05) is 27.2 Å². The minimum atomic E-state index is -0.228. The normalized spacial score (nSPS) is 24.2. The average Bonchev–Trinajstić information content (AvgIpc) is 2.59. The van der Waals surface area contributed by atoms with E-state index >= 15 is 0 Å². The van der Waals surface area contributed by atoms with Gasteiger partial charge in [-0.15, -0.1) is 0 Å². The van der Waals surface area contributed by atoms with Gasteiger partial charge in [0.05, 0.1) is 7.11 Å². The van der Waals surface area contributed by atoms with Crippen LogP contribution in [-0.2, 0) is 10.2 Å². The molecule has 1 saturated heterocycles. The molecule has 0 spiro atoms. The quantitative estimate of drug-likeness (QED) is 0.899. The predicted octanol–water partition coefficient (Wildman–Crippen LogP) is 1.53. The second-order valence-corrected chi connectivity index (χ2v) is 5.31. The van der Waals surface area contributed by atoms with E-state index in [1.165, 1.54) is 0 Å². The van der Waals surface area contributed by atoms with Gasteiger partial charge in [-0.2, -0.15) is 0 Å². The Bertz CT molecular complexity index is 444. The number of methoxy groups -OCH3 is 1. The molecule has 0 aliphatic carbocycles. The monoisotopic (exact) mass is 262 g/mol. The third-order valence-corrected chi connectivity index (χ3v) is 4.16. The van der Waals surface area contributed by atoms with Gasteiger partial charge in [0, 0.05) is 32.0 Å². The van der Waals surface area contributed by atoms with Crippen LogP contribution in [0.4, 0.5) is 0 Å². The van der Waals surface area contributed by atoms with E-state index in [1.54, 1.807) is 12.0 Å². The zero-order chi connectivity index (χ0) is 13.9. The van der Waals surface area contributed by atoms with Crippen molar-refractivity contribution >= 4 is 5.91 Å². The Balaban J connectivity index is 2.32. The summed E-state index contributed by atoms with van der Waals surface area (Å²) in [5.41, 5.74) is 6.93. The topological polar surface area (TPSA) is 55.6 Å². The Morgan fingerprint density at radius 2 is 2.05 bits per heavy atom. The second-order valence-electron chi connectivity index (χ2n) is 5.31. The van der Waals surface area contributed by atoms with E-state index in [4.69, 9.17) is 10.5 Å². The first-order valence-electron chi connectivity index (χ1n) is 6.70. The maximum atomic E-state index is 12.1. The molecule has 1 aliphatic heterocycles. The lowest BCUT2D eigenvalue weighted by Gasteiger charge is -2.31. The molecule has 2 N–H and O–H groups in total. The van der Waals surface area contributed by atoms with Gasteiger partial charge in [0.25, 0.3) is 0 Å². The fourth-order valence-electron chi connectivity index (χ4n) is 2.78. The van der Waals surface area contributed by atoms with E-state index in [2.05, 4.69) is 0 Å². The number of carbonyl (C=O) groups excluding carboxylic acids is 1. The van der Waals surface area contributed by atoms with Crippen molar-refractivity contribution in [3.8, 4) is 5.75 Å². The van der Waals surface area contributed by atoms with Crippen LogP contribution in [0.15, 0.2) is 24.3 Å². The Morgan fingerprint density at radius 1 is 1.37 bits per heavy atom. The van der Waals surface area contributed by atoms with E-state index in [0.29, 0.717) is 13.0 Å². The van der Waals surface area contributed by atoms with Crippen molar-refractivity contribution in [2.24, 2.45) is 5.73 Å². The molecule has 0 saturated carbocycles. The summed E-state index contributed by atoms with van der Waals surface area (Å²) in [6.07, 6.45) is 2.43. The molecule has 0 radical (unpaired) electrons. The van der Waals surface area contributed by atoms with Crippen LogP contribution < -0.4 is 10.5 Å². The van der Waals surface area contributed by atoms with Gasteiger partial charge in [0.2, 0.25) is 5.91 Å². The van der Waals surface area contributed by atoms with Gasteiger partial charge >= 0.3 is 0 Å². The second kappa shape index (κ2) is 5.61. The van der Waals surface area contributed by atoms with Crippen molar-refractivity contribution in [3.05, 3.63) is 29.8 Å². The molecule has 0 bridgehead atoms. The highest BCUT2D eigenvalue weighted by Crippen LogP contribution is 2.35. The first kappa shape index (κ1) is 13.9. The van der Waals surface area contributed by atoms with Gasteiger partial charge < -0.3 is 15.4 Å². The molecule has 0 aromatic heterocycles. The zero-order valence-corrected chi connectivity index (χ0v) is 11.7. The van der Waals surface area contributed by atoms with Gasteiger partial charge in [0.15, 0.2) is 0 Å². The van der Waals surface area contributed by atoms with Crippen molar-refractivity contribution in [3.63, 3.8) is 0 Å². The summed E-state index contributed by atoms with van der Waals surface area (Å²) < 4.78 is 5.18. The number of hydrogen-bond acceptors (Lipinski definition) is 3. The number of amides is 1. The molecule has 104 valence electrons. The predicted molar refractivity (Wildman–Crippen MR) is 75.2 cm³/mol. The van der Waals surface area contributed by atoms with E-state index in [-0.39, 0.29) is 11.3 Å². The van der Waals surface area contributed by atoms with Gasteiger partial charge in [-0.05, 0) is 30.5 Å². The van der Waals surface area contributed by atoms with Gasteiger partial charge in [-0.3, -0.25) is 4.79 Å². The first-order valence-corrected chi connectivity index (χ1v) is 6.70. The molecule has 2 rings (SSSR count). The summed E-state index contributed by atoms with van der Waals surface area (Å²) in [5.74, 6) is 1.01. The van der Waals surface area contributed by atoms with E-state index in [9.17, 15) is 4.79 Å². The molecule has 1 fully saturated rings. The fourth-order valence-corrected chi connectivity index (χ4v) is 2.78. The van der Waals surface area contributed by atoms with Crippen LogP contribution in [0.3, 0.4) is 0 Å². The van der Waals surface area contributed by atoms with Crippen molar-refractivity contribution in [2.45, 2.75) is 24.7 Å². The lowest BCUT2D eigenvalue weighted by molar-refractivity contribution is -0.130. The van der Waals surface area contributed by atoms with Crippen molar-refractivity contribution in [1.29, 1.82) is 0 Å². The van der Waals surface area contributed by atoms with Crippen LogP contribution >= 0.6 is 0 Å². The standard InChI is InChI=1S/C15H22N2O2/c1-17-9-3-8-15(11-16,10-14(17)18)12-4-6-13(19-2)7-5-12/h4-7H,3,8-11,16H2,1-2H3. The Hall–Kier alpha value is -1.55. The van der Waals surface area contributed by atoms with E-state index in [1.807, 2.05) is 31.3 Å². The fraction of sp³-hybridized carbons (Fsp3) is 0.533. The number of carbonyl (C=O) groups is 1. The molecular weight excluding hydrogens is 240 g/mol. The number of benzene rings is 1. The molecule has 1 aromatic carbocycles. The molecule has 4 heteroatoms. The Kier molecular flexibility index (Phi) is 4.10. The van der Waals surface area contributed by atoms with Crippen LogP contribution in [0.2, 0.25) is 0 Å². The van der Waals surface area contributed by atoms with E-state index in [0.717, 1.165) is 30.7 Å². The summed E-state index contributed by atoms with van der Waals surface area (Å²) in [5, 5.41) is 0. The number of nitrogens with zero attached hydrogens (tertiary/aromatic N) is 1. The number of ether oxygens (including phenoxy) is 1. The Morgan fingerprint density at radius 3 is 2.63 bits per heavy atom. The smallest absolute Gasteiger partial charge is 0.223 e. The average molecular weight is 262 g/mol. The minimum absolute atomic E-state index is 0.179. The molecule has 1 unspecified atom stereocenters. The molecule has 1 amide bonds. The van der Waals surface area contributed by atoms with Crippen LogP contribution in [0.1, 0.15) is 24.8 Å². The molecule has 1 aliphatic rings. The van der Waals surface area contributed by atoms with Gasteiger partial charge in [0.1, 0.15) is 5.75 Å². The first-order chi connectivity index (χ1) is 9.11. The summed E-state index contributed by atoms with van der Waals surface area (Å²) in [6.45, 7) is 1.32. The highest BCUT2D eigenvalue weighted by atomic mass is 16.5. The third-order valence-electron chi connectivity index (χ3n) is 4.16. The molecule has 1 aromatic rings. The van der Waals surface area contributed by atoms with E-state index < -0.39 is 0 Å². The zero-order valence-electron chi connectivity index (χ0n) is 11.7. The SMILES string of the molecule is COc1ccc(C2(CN)CCCN(C)C(=O)C2)cc1. The number of nitrogens with two attached hydrogens (primary N) is 1. The maximum Gasteiger partial charge on any atom is 0.223 e. The highest BCUT2D eigenvalue weighted by Gasteiger charge is 2.36. The number of likely N-dealkylation sites (tertiary alicyclic amines) is 1. The third kappa shape index (κ3) is 2.73. The van der Waals surface area contributed by atoms with Gasteiger partial charge in [-0.1, -0.05) is 12.1 Å². The van der Waals surface area contributed by atoms with Gasteiger partial charge in [-0.25, -0.2) is 0 Å². The number of rotatable bonds is 3. The summed E-state index contributed by atoms with van der Waals surface area (Å²) in [4.78, 5) is 13.9. The molecule has 19 heavy (non-hydrogen) atoms. The summed E-state index contributed by atoms with van der Waals surface area (Å²) in [7, 11) is 3.51. The Labute approximate surface area is 114 Å². The molecule has 1 atom stereocenters. The molecule has 1 heterocycles. The van der Waals surface area contributed by atoms with Crippen LogP contribution in [-0.4, -0.2) is 38.1 Å². The molecular formula is C15H22N2O2.